The Morgan fingerprint density at radius 1 is 1.14 bits per heavy atom. The fraction of sp³-hybridized carbons (Fsp3) is 0. The molecular formula is C16H11FN4. The third-order valence-corrected chi connectivity index (χ3v) is 3.20. The molecule has 0 aliphatic carbocycles. The van der Waals surface area contributed by atoms with Gasteiger partial charge < -0.3 is 10.7 Å². The Bertz CT molecular complexity index is 832. The van der Waals surface area contributed by atoms with Crippen LogP contribution in [0.1, 0.15) is 5.56 Å². The van der Waals surface area contributed by atoms with Crippen molar-refractivity contribution in [2.24, 2.45) is 0 Å². The van der Waals surface area contributed by atoms with E-state index < -0.39 is 5.82 Å². The first-order valence-electron chi connectivity index (χ1n) is 6.30. The van der Waals surface area contributed by atoms with Crippen LogP contribution in [0.2, 0.25) is 0 Å². The van der Waals surface area contributed by atoms with Crippen LogP contribution < -0.4 is 5.73 Å². The maximum Gasteiger partial charge on any atom is 0.142 e. The van der Waals surface area contributed by atoms with Gasteiger partial charge in [0.15, 0.2) is 0 Å². The minimum atomic E-state index is -0.406. The first-order chi connectivity index (χ1) is 10.2. The van der Waals surface area contributed by atoms with E-state index >= 15 is 0 Å². The lowest BCUT2D eigenvalue weighted by Gasteiger charge is -2.10. The Kier molecular flexibility index (Phi) is 3.13. The number of nitrogens with zero attached hydrogens (tertiary/aromatic N) is 2. The Balaban J connectivity index is 2.29. The van der Waals surface area contributed by atoms with Crippen LogP contribution in [0.25, 0.3) is 22.5 Å². The van der Waals surface area contributed by atoms with Gasteiger partial charge in [-0.05, 0) is 24.3 Å². The lowest BCUT2D eigenvalue weighted by Crippen LogP contribution is -2.00. The molecule has 1 aromatic carbocycles. The Morgan fingerprint density at radius 3 is 2.62 bits per heavy atom. The molecule has 0 radical (unpaired) electrons. The van der Waals surface area contributed by atoms with E-state index in [0.29, 0.717) is 16.8 Å². The number of halogens is 1. The molecule has 4 nitrogen and oxygen atoms in total. The summed E-state index contributed by atoms with van der Waals surface area (Å²) in [5.41, 5.74) is 8.12. The van der Waals surface area contributed by atoms with Crippen LogP contribution >= 0.6 is 0 Å². The zero-order valence-electron chi connectivity index (χ0n) is 11.0. The van der Waals surface area contributed by atoms with Gasteiger partial charge in [0, 0.05) is 17.3 Å². The average Bonchev–Trinajstić information content (AvgIpc) is 3.01. The molecule has 0 atom stereocenters. The Labute approximate surface area is 120 Å². The summed E-state index contributed by atoms with van der Waals surface area (Å²) in [5.74, 6) is -0.320. The van der Waals surface area contributed by atoms with Crippen LogP contribution in [0.3, 0.4) is 0 Å². The summed E-state index contributed by atoms with van der Waals surface area (Å²) >= 11 is 0. The lowest BCUT2D eigenvalue weighted by molar-refractivity contribution is 0.631. The molecule has 0 saturated carbocycles. The SMILES string of the molecule is N#Cc1c(-c2ccccc2F)cc(-c2ccc[nH]2)nc1N. The van der Waals surface area contributed by atoms with Crippen molar-refractivity contribution in [1.29, 1.82) is 5.26 Å². The van der Waals surface area contributed by atoms with E-state index in [1.54, 1.807) is 30.5 Å². The molecule has 3 rings (SSSR count). The largest absolute Gasteiger partial charge is 0.383 e. The van der Waals surface area contributed by atoms with Gasteiger partial charge in [-0.25, -0.2) is 9.37 Å². The second-order valence-electron chi connectivity index (χ2n) is 4.49. The van der Waals surface area contributed by atoms with Gasteiger partial charge in [0.1, 0.15) is 23.3 Å². The predicted octanol–water partition coefficient (Wildman–Crippen LogP) is 3.34. The van der Waals surface area contributed by atoms with Crippen LogP contribution in [0, 0.1) is 17.1 Å². The van der Waals surface area contributed by atoms with E-state index in [2.05, 4.69) is 9.97 Å². The second kappa shape index (κ2) is 5.10. The summed E-state index contributed by atoms with van der Waals surface area (Å²) in [6.07, 6.45) is 1.76. The van der Waals surface area contributed by atoms with Crippen molar-refractivity contribution in [3.05, 3.63) is 60.0 Å². The molecule has 0 fully saturated rings. The number of nitrogens with two attached hydrogens (primary N) is 1. The van der Waals surface area contributed by atoms with Gasteiger partial charge in [-0.15, -0.1) is 0 Å². The summed E-state index contributed by atoms with van der Waals surface area (Å²) in [5, 5.41) is 9.27. The zero-order chi connectivity index (χ0) is 14.8. The van der Waals surface area contributed by atoms with Crippen molar-refractivity contribution in [3.8, 4) is 28.6 Å². The number of nitrogen functional groups attached to an aromatic ring is 1. The Hall–Kier alpha value is -3.13. The number of hydrogen-bond acceptors (Lipinski definition) is 3. The molecule has 0 unspecified atom stereocenters. The van der Waals surface area contributed by atoms with E-state index in [9.17, 15) is 9.65 Å². The summed E-state index contributed by atoms with van der Waals surface area (Å²) < 4.78 is 14.0. The smallest absolute Gasteiger partial charge is 0.142 e. The molecule has 0 spiro atoms. The highest BCUT2D eigenvalue weighted by Gasteiger charge is 2.15. The van der Waals surface area contributed by atoms with Gasteiger partial charge in [-0.1, -0.05) is 18.2 Å². The van der Waals surface area contributed by atoms with Gasteiger partial charge in [-0.3, -0.25) is 0 Å². The van der Waals surface area contributed by atoms with Crippen molar-refractivity contribution < 1.29 is 4.39 Å². The van der Waals surface area contributed by atoms with E-state index in [1.807, 2.05) is 18.2 Å². The number of benzene rings is 1. The van der Waals surface area contributed by atoms with Crippen molar-refractivity contribution in [2.45, 2.75) is 0 Å². The number of pyridine rings is 1. The van der Waals surface area contributed by atoms with Crippen molar-refractivity contribution in [2.75, 3.05) is 5.73 Å². The number of aromatic amines is 1. The molecule has 102 valence electrons. The third-order valence-electron chi connectivity index (χ3n) is 3.20. The van der Waals surface area contributed by atoms with Crippen LogP contribution in [0.4, 0.5) is 10.2 Å². The second-order valence-corrected chi connectivity index (χ2v) is 4.49. The van der Waals surface area contributed by atoms with Gasteiger partial charge in [-0.2, -0.15) is 5.26 Å². The summed E-state index contributed by atoms with van der Waals surface area (Å²) in [6, 6.07) is 13.6. The van der Waals surface area contributed by atoms with Crippen LogP contribution in [-0.4, -0.2) is 9.97 Å². The van der Waals surface area contributed by atoms with Gasteiger partial charge in [0.25, 0.3) is 0 Å². The number of H-pyrrole nitrogens is 1. The van der Waals surface area contributed by atoms with Gasteiger partial charge >= 0.3 is 0 Å². The number of aromatic nitrogens is 2. The monoisotopic (exact) mass is 278 g/mol. The predicted molar refractivity (Wildman–Crippen MR) is 78.5 cm³/mol. The minimum absolute atomic E-state index is 0.0860. The van der Waals surface area contributed by atoms with Crippen LogP contribution in [0.15, 0.2) is 48.7 Å². The molecule has 2 aromatic heterocycles. The number of anilines is 1. The van der Waals surface area contributed by atoms with Gasteiger partial charge in [0.2, 0.25) is 0 Å². The molecule has 2 heterocycles. The molecule has 5 heteroatoms. The number of nitriles is 1. The molecule has 3 aromatic rings. The molecule has 0 aliphatic heterocycles. The molecular weight excluding hydrogens is 267 g/mol. The number of hydrogen-bond donors (Lipinski definition) is 2. The highest BCUT2D eigenvalue weighted by atomic mass is 19.1. The lowest BCUT2D eigenvalue weighted by atomic mass is 9.99. The first-order valence-corrected chi connectivity index (χ1v) is 6.30. The summed E-state index contributed by atoms with van der Waals surface area (Å²) in [4.78, 5) is 7.22. The molecule has 21 heavy (non-hydrogen) atoms. The standard InChI is InChI=1S/C16H11FN4/c17-13-5-2-1-4-10(13)11-8-15(14-6-3-7-20-14)21-16(19)12(11)9-18/h1-8,20H,(H2,19,21). The fourth-order valence-corrected chi connectivity index (χ4v) is 2.20. The molecule has 3 N–H and O–H groups in total. The minimum Gasteiger partial charge on any atom is -0.383 e. The van der Waals surface area contributed by atoms with Crippen molar-refractivity contribution >= 4 is 5.82 Å². The average molecular weight is 278 g/mol. The summed E-state index contributed by atoms with van der Waals surface area (Å²) in [6.45, 7) is 0. The zero-order valence-corrected chi connectivity index (χ0v) is 11.0. The van der Waals surface area contributed by atoms with Crippen molar-refractivity contribution in [3.63, 3.8) is 0 Å². The van der Waals surface area contributed by atoms with Crippen LogP contribution in [-0.2, 0) is 0 Å². The maximum absolute atomic E-state index is 14.0. The number of rotatable bonds is 2. The molecule has 0 amide bonds. The topological polar surface area (TPSA) is 78.5 Å². The fourth-order valence-electron chi connectivity index (χ4n) is 2.20. The summed E-state index contributed by atoms with van der Waals surface area (Å²) in [7, 11) is 0. The highest BCUT2D eigenvalue weighted by Crippen LogP contribution is 2.31. The van der Waals surface area contributed by atoms with Crippen molar-refractivity contribution in [1.82, 2.24) is 9.97 Å². The van der Waals surface area contributed by atoms with E-state index in [1.165, 1.54) is 6.07 Å². The van der Waals surface area contributed by atoms with Gasteiger partial charge in [0.05, 0.1) is 11.4 Å². The first kappa shape index (κ1) is 12.9. The van der Waals surface area contributed by atoms with Crippen LogP contribution in [0.5, 0.6) is 0 Å². The molecule has 0 bridgehead atoms. The van der Waals surface area contributed by atoms with E-state index in [4.69, 9.17) is 5.73 Å². The van der Waals surface area contributed by atoms with E-state index in [0.717, 1.165) is 5.69 Å². The molecule has 0 saturated heterocycles. The normalized spacial score (nSPS) is 10.3. The maximum atomic E-state index is 14.0. The quantitative estimate of drug-likeness (QED) is 0.754. The third kappa shape index (κ3) is 2.23. The Morgan fingerprint density at radius 2 is 1.95 bits per heavy atom. The molecule has 0 aliphatic rings. The highest BCUT2D eigenvalue weighted by molar-refractivity contribution is 5.79. The number of nitrogens with one attached hydrogen (secondary N) is 1. The van der Waals surface area contributed by atoms with E-state index in [-0.39, 0.29) is 11.4 Å².